The van der Waals surface area contributed by atoms with Crippen LogP contribution in [-0.4, -0.2) is 41.4 Å². The number of likely N-dealkylation sites (tertiary alicyclic amines) is 1. The third kappa shape index (κ3) is 4.93. The first-order chi connectivity index (χ1) is 10.3. The Morgan fingerprint density at radius 3 is 2.64 bits per heavy atom. The largest absolute Gasteiger partial charge is 0.324 e. The summed E-state index contributed by atoms with van der Waals surface area (Å²) in [5, 5.41) is 2.53. The van der Waals surface area contributed by atoms with Crippen molar-refractivity contribution < 1.29 is 9.59 Å². The maximum absolute atomic E-state index is 12.3. The van der Waals surface area contributed by atoms with Crippen LogP contribution in [-0.2, 0) is 16.0 Å². The van der Waals surface area contributed by atoms with Gasteiger partial charge in [0.15, 0.2) is 0 Å². The summed E-state index contributed by atoms with van der Waals surface area (Å²) in [6.45, 7) is 5.39. The first kappa shape index (κ1) is 16.6. The average molecular weight is 303 g/mol. The summed E-state index contributed by atoms with van der Waals surface area (Å²) in [6, 6.07) is 9.17. The quantitative estimate of drug-likeness (QED) is 0.853. The first-order valence-electron chi connectivity index (χ1n) is 7.76. The second-order valence-electron chi connectivity index (χ2n) is 6.69. The lowest BCUT2D eigenvalue weighted by atomic mass is 10.1. The lowest BCUT2D eigenvalue weighted by Gasteiger charge is -2.30. The molecule has 1 aromatic carbocycles. The highest BCUT2D eigenvalue weighted by Gasteiger charge is 2.33. The number of hydrogen-bond donors (Lipinski definition) is 2. The Balaban J connectivity index is 1.89. The summed E-state index contributed by atoms with van der Waals surface area (Å²) in [4.78, 5) is 26.4. The van der Waals surface area contributed by atoms with Crippen molar-refractivity contribution in [2.24, 2.45) is 5.73 Å². The van der Waals surface area contributed by atoms with Crippen LogP contribution >= 0.6 is 0 Å². The van der Waals surface area contributed by atoms with E-state index < -0.39 is 0 Å². The molecule has 1 atom stereocenters. The molecule has 1 fully saturated rings. The molecule has 1 unspecified atom stereocenters. The summed E-state index contributed by atoms with van der Waals surface area (Å²) in [5.74, 6) is -0.460. The van der Waals surface area contributed by atoms with Gasteiger partial charge in [0.2, 0.25) is 11.8 Å². The molecule has 1 aromatic rings. The molecule has 1 saturated heterocycles. The standard InChI is InChI=1S/C17H25N3O2/c1-17(2,18)12-20-10-6-9-14(20)16(22)19-15(21)11-13-7-4-3-5-8-13/h3-5,7-8,14H,6,9-12,18H2,1-2H3,(H,19,21,22). The van der Waals surface area contributed by atoms with Crippen LogP contribution in [0.25, 0.3) is 0 Å². The van der Waals surface area contributed by atoms with Crippen molar-refractivity contribution in [2.75, 3.05) is 13.1 Å². The Labute approximate surface area is 131 Å². The summed E-state index contributed by atoms with van der Waals surface area (Å²) in [7, 11) is 0. The molecule has 0 spiro atoms. The Morgan fingerprint density at radius 2 is 2.00 bits per heavy atom. The van der Waals surface area contributed by atoms with Crippen LogP contribution in [0.1, 0.15) is 32.3 Å². The molecule has 2 rings (SSSR count). The lowest BCUT2D eigenvalue weighted by Crippen LogP contribution is -2.52. The smallest absolute Gasteiger partial charge is 0.243 e. The van der Waals surface area contributed by atoms with Crippen LogP contribution in [0.4, 0.5) is 0 Å². The Morgan fingerprint density at radius 1 is 1.32 bits per heavy atom. The van der Waals surface area contributed by atoms with Gasteiger partial charge in [0.25, 0.3) is 0 Å². The summed E-state index contributed by atoms with van der Waals surface area (Å²) in [6.07, 6.45) is 1.96. The van der Waals surface area contributed by atoms with Gasteiger partial charge in [0, 0.05) is 12.1 Å². The number of nitrogens with one attached hydrogen (secondary N) is 1. The van der Waals surface area contributed by atoms with Gasteiger partial charge >= 0.3 is 0 Å². The fraction of sp³-hybridized carbons (Fsp3) is 0.529. The van der Waals surface area contributed by atoms with Gasteiger partial charge in [-0.25, -0.2) is 0 Å². The minimum absolute atomic E-state index is 0.206. The molecule has 0 saturated carbocycles. The highest BCUT2D eigenvalue weighted by molar-refractivity contribution is 5.98. The predicted molar refractivity (Wildman–Crippen MR) is 86.2 cm³/mol. The topological polar surface area (TPSA) is 75.4 Å². The predicted octanol–water partition coefficient (Wildman–Crippen LogP) is 1.07. The number of carbonyl (C=O) groups is 2. The van der Waals surface area contributed by atoms with Crippen LogP contribution in [0.5, 0.6) is 0 Å². The molecule has 3 N–H and O–H groups in total. The van der Waals surface area contributed by atoms with Crippen LogP contribution in [0.15, 0.2) is 30.3 Å². The summed E-state index contributed by atoms with van der Waals surface area (Å²) < 4.78 is 0. The van der Waals surface area contributed by atoms with Crippen molar-refractivity contribution in [3.63, 3.8) is 0 Å². The molecule has 120 valence electrons. The van der Waals surface area contributed by atoms with Gasteiger partial charge in [-0.05, 0) is 38.8 Å². The van der Waals surface area contributed by atoms with Crippen molar-refractivity contribution in [1.82, 2.24) is 10.2 Å². The van der Waals surface area contributed by atoms with Gasteiger partial charge in [-0.1, -0.05) is 30.3 Å². The highest BCUT2D eigenvalue weighted by Crippen LogP contribution is 2.19. The van der Waals surface area contributed by atoms with Gasteiger partial charge < -0.3 is 5.73 Å². The first-order valence-corrected chi connectivity index (χ1v) is 7.76. The molecule has 0 radical (unpaired) electrons. The second kappa shape index (κ2) is 7.03. The van der Waals surface area contributed by atoms with E-state index in [1.165, 1.54) is 0 Å². The molecule has 1 aliphatic heterocycles. The van der Waals surface area contributed by atoms with E-state index in [4.69, 9.17) is 5.73 Å². The molecule has 1 heterocycles. The van der Waals surface area contributed by atoms with E-state index in [1.807, 2.05) is 44.2 Å². The van der Waals surface area contributed by atoms with Gasteiger partial charge in [0.1, 0.15) is 0 Å². The van der Waals surface area contributed by atoms with Crippen LogP contribution < -0.4 is 11.1 Å². The van der Waals surface area contributed by atoms with E-state index in [1.54, 1.807) is 0 Å². The summed E-state index contributed by atoms with van der Waals surface area (Å²) in [5.41, 5.74) is 6.59. The summed E-state index contributed by atoms with van der Waals surface area (Å²) >= 11 is 0. The average Bonchev–Trinajstić information content (AvgIpc) is 2.85. The van der Waals surface area contributed by atoms with Crippen molar-refractivity contribution in [3.8, 4) is 0 Å². The van der Waals surface area contributed by atoms with Crippen LogP contribution in [0, 0.1) is 0 Å². The zero-order valence-corrected chi connectivity index (χ0v) is 13.3. The van der Waals surface area contributed by atoms with Crippen molar-refractivity contribution in [1.29, 1.82) is 0 Å². The number of imide groups is 1. The molecule has 5 nitrogen and oxygen atoms in total. The zero-order chi connectivity index (χ0) is 16.2. The van der Waals surface area contributed by atoms with Crippen molar-refractivity contribution >= 4 is 11.8 Å². The maximum Gasteiger partial charge on any atom is 0.243 e. The Hall–Kier alpha value is -1.72. The molecule has 22 heavy (non-hydrogen) atoms. The third-order valence-corrected chi connectivity index (χ3v) is 3.75. The second-order valence-corrected chi connectivity index (χ2v) is 6.69. The number of benzene rings is 1. The fourth-order valence-corrected chi connectivity index (χ4v) is 2.88. The van der Waals surface area contributed by atoms with Crippen molar-refractivity contribution in [3.05, 3.63) is 35.9 Å². The lowest BCUT2D eigenvalue weighted by molar-refractivity contribution is -0.132. The molecule has 0 aromatic heterocycles. The van der Waals surface area contributed by atoms with Gasteiger partial charge in [-0.2, -0.15) is 0 Å². The van der Waals surface area contributed by atoms with Crippen molar-refractivity contribution in [2.45, 2.75) is 44.7 Å². The minimum Gasteiger partial charge on any atom is -0.324 e. The molecule has 0 bridgehead atoms. The number of rotatable bonds is 5. The number of nitrogens with two attached hydrogens (primary N) is 1. The number of carbonyl (C=O) groups excluding carboxylic acids is 2. The minimum atomic E-state index is -0.350. The third-order valence-electron chi connectivity index (χ3n) is 3.75. The number of nitrogens with zero attached hydrogens (tertiary/aromatic N) is 1. The van der Waals surface area contributed by atoms with E-state index in [2.05, 4.69) is 10.2 Å². The fourth-order valence-electron chi connectivity index (χ4n) is 2.88. The molecule has 2 amide bonds. The monoisotopic (exact) mass is 303 g/mol. The van der Waals surface area contributed by atoms with E-state index in [9.17, 15) is 9.59 Å². The Kier molecular flexibility index (Phi) is 5.32. The van der Waals surface area contributed by atoms with E-state index in [0.717, 1.165) is 24.9 Å². The van der Waals surface area contributed by atoms with Crippen LogP contribution in [0.2, 0.25) is 0 Å². The van der Waals surface area contributed by atoms with E-state index in [-0.39, 0.29) is 29.8 Å². The highest BCUT2D eigenvalue weighted by atomic mass is 16.2. The van der Waals surface area contributed by atoms with Gasteiger partial charge in [-0.3, -0.25) is 19.8 Å². The number of hydrogen-bond acceptors (Lipinski definition) is 4. The maximum atomic E-state index is 12.3. The Bertz CT molecular complexity index is 522. The molecule has 0 aliphatic carbocycles. The molecule has 5 heteroatoms. The molecule has 1 aliphatic rings. The normalized spacial score (nSPS) is 19.1. The number of amides is 2. The SMILES string of the molecule is CC(C)(N)CN1CCCC1C(=O)NC(=O)Cc1ccccc1. The molecular weight excluding hydrogens is 278 g/mol. The van der Waals surface area contributed by atoms with Gasteiger partial charge in [-0.15, -0.1) is 0 Å². The molecular formula is C17H25N3O2. The zero-order valence-electron chi connectivity index (χ0n) is 13.3. The van der Waals surface area contributed by atoms with E-state index >= 15 is 0 Å². The van der Waals surface area contributed by atoms with Gasteiger partial charge in [0.05, 0.1) is 12.5 Å². The van der Waals surface area contributed by atoms with E-state index in [0.29, 0.717) is 6.54 Å². The van der Waals surface area contributed by atoms with Crippen LogP contribution in [0.3, 0.4) is 0 Å².